The second-order valence-corrected chi connectivity index (χ2v) is 7.94. The number of ketones is 1. The van der Waals surface area contributed by atoms with Crippen molar-refractivity contribution in [3.8, 4) is 0 Å². The fraction of sp³-hybridized carbons (Fsp3) is 0.938. The molecule has 0 N–H and O–H groups in total. The van der Waals surface area contributed by atoms with E-state index in [0.29, 0.717) is 17.7 Å². The highest BCUT2D eigenvalue weighted by atomic mass is 32.2. The zero-order chi connectivity index (χ0) is 14.0. The lowest BCUT2D eigenvalue weighted by atomic mass is 9.83. The Morgan fingerprint density at radius 3 is 2.55 bits per heavy atom. The summed E-state index contributed by atoms with van der Waals surface area (Å²) in [5, 5.41) is 0. The van der Waals surface area contributed by atoms with Gasteiger partial charge in [-0.1, -0.05) is 0 Å². The summed E-state index contributed by atoms with van der Waals surface area (Å²) in [6.45, 7) is 4.91. The van der Waals surface area contributed by atoms with Crippen molar-refractivity contribution in [3.05, 3.63) is 0 Å². The van der Waals surface area contributed by atoms with E-state index in [0.717, 1.165) is 32.5 Å². The van der Waals surface area contributed by atoms with Crippen LogP contribution in [0.3, 0.4) is 0 Å². The average molecular weight is 297 g/mol. The number of likely N-dealkylation sites (tertiary alicyclic amines) is 1. The minimum atomic E-state index is 0.186. The molecule has 3 rings (SSSR count). The predicted molar refractivity (Wildman–Crippen MR) is 83.2 cm³/mol. The van der Waals surface area contributed by atoms with Gasteiger partial charge in [0.05, 0.1) is 5.60 Å². The van der Waals surface area contributed by atoms with Gasteiger partial charge >= 0.3 is 0 Å². The quantitative estimate of drug-likeness (QED) is 0.784. The van der Waals surface area contributed by atoms with Crippen molar-refractivity contribution in [2.24, 2.45) is 5.92 Å². The first-order valence-corrected chi connectivity index (χ1v) is 9.30. The van der Waals surface area contributed by atoms with Crippen molar-refractivity contribution in [2.75, 3.05) is 31.2 Å². The minimum Gasteiger partial charge on any atom is -0.375 e. The van der Waals surface area contributed by atoms with E-state index in [1.54, 1.807) is 6.92 Å². The molecule has 0 saturated carbocycles. The SMILES string of the molecule is CC(=O)C1CCN(C2CCOC3(CCSCC3)C2)CC1. The van der Waals surface area contributed by atoms with Gasteiger partial charge in [-0.25, -0.2) is 0 Å². The Labute approximate surface area is 126 Å². The van der Waals surface area contributed by atoms with Crippen LogP contribution >= 0.6 is 11.8 Å². The number of carbonyl (C=O) groups excluding carboxylic acids is 1. The first kappa shape index (κ1) is 14.9. The van der Waals surface area contributed by atoms with Crippen molar-refractivity contribution in [1.82, 2.24) is 4.90 Å². The highest BCUT2D eigenvalue weighted by Crippen LogP contribution is 2.39. The van der Waals surface area contributed by atoms with E-state index in [9.17, 15) is 4.79 Å². The highest BCUT2D eigenvalue weighted by molar-refractivity contribution is 7.99. The Morgan fingerprint density at radius 2 is 1.90 bits per heavy atom. The zero-order valence-corrected chi connectivity index (χ0v) is 13.4. The van der Waals surface area contributed by atoms with Gasteiger partial charge in [0.25, 0.3) is 0 Å². The van der Waals surface area contributed by atoms with E-state index in [2.05, 4.69) is 16.7 Å². The van der Waals surface area contributed by atoms with Crippen LogP contribution in [0.4, 0.5) is 0 Å². The summed E-state index contributed by atoms with van der Waals surface area (Å²) in [6.07, 6.45) is 7.00. The van der Waals surface area contributed by atoms with E-state index < -0.39 is 0 Å². The minimum absolute atomic E-state index is 0.186. The maximum atomic E-state index is 11.5. The summed E-state index contributed by atoms with van der Waals surface area (Å²) in [4.78, 5) is 14.1. The molecule has 0 radical (unpaired) electrons. The maximum Gasteiger partial charge on any atom is 0.133 e. The highest BCUT2D eigenvalue weighted by Gasteiger charge is 2.41. The first-order chi connectivity index (χ1) is 9.69. The van der Waals surface area contributed by atoms with Gasteiger partial charge in [-0.05, 0) is 70.0 Å². The van der Waals surface area contributed by atoms with Crippen molar-refractivity contribution >= 4 is 17.5 Å². The number of hydrogen-bond acceptors (Lipinski definition) is 4. The predicted octanol–water partition coefficient (Wildman–Crippen LogP) is 2.73. The smallest absolute Gasteiger partial charge is 0.133 e. The molecule has 0 aromatic rings. The molecule has 114 valence electrons. The van der Waals surface area contributed by atoms with Crippen molar-refractivity contribution in [3.63, 3.8) is 0 Å². The summed E-state index contributed by atoms with van der Waals surface area (Å²) in [7, 11) is 0. The summed E-state index contributed by atoms with van der Waals surface area (Å²) < 4.78 is 6.19. The molecule has 3 fully saturated rings. The lowest BCUT2D eigenvalue weighted by Crippen LogP contribution is -2.52. The fourth-order valence-electron chi connectivity index (χ4n) is 4.08. The molecule has 1 unspecified atom stereocenters. The molecule has 3 saturated heterocycles. The molecule has 1 spiro atoms. The molecular formula is C16H27NO2S. The molecule has 0 bridgehead atoms. The van der Waals surface area contributed by atoms with Gasteiger partial charge in [-0.2, -0.15) is 11.8 Å². The van der Waals surface area contributed by atoms with Crippen molar-refractivity contribution < 1.29 is 9.53 Å². The standard InChI is InChI=1S/C16H27NO2S/c1-13(18)14-2-7-17(8-3-14)15-4-9-19-16(12-15)5-10-20-11-6-16/h14-15H,2-12H2,1H3. The topological polar surface area (TPSA) is 29.5 Å². The average Bonchev–Trinajstić information content (AvgIpc) is 2.48. The number of Topliss-reactive ketones (excluding diaryl/α,β-unsaturated/α-hetero) is 1. The molecule has 3 aliphatic heterocycles. The van der Waals surface area contributed by atoms with Crippen LogP contribution in [0.25, 0.3) is 0 Å². The van der Waals surface area contributed by atoms with E-state index >= 15 is 0 Å². The van der Waals surface area contributed by atoms with Crippen molar-refractivity contribution in [2.45, 2.75) is 57.1 Å². The Kier molecular flexibility index (Phi) is 4.73. The van der Waals surface area contributed by atoms with E-state index in [-0.39, 0.29) is 5.60 Å². The summed E-state index contributed by atoms with van der Waals surface area (Å²) in [5.74, 6) is 3.24. The Morgan fingerprint density at radius 1 is 1.20 bits per heavy atom. The zero-order valence-electron chi connectivity index (χ0n) is 12.6. The molecule has 0 aliphatic carbocycles. The van der Waals surface area contributed by atoms with E-state index in [1.165, 1.54) is 37.2 Å². The largest absolute Gasteiger partial charge is 0.375 e. The van der Waals surface area contributed by atoms with Crippen LogP contribution in [0, 0.1) is 5.92 Å². The van der Waals surface area contributed by atoms with Crippen LogP contribution in [-0.2, 0) is 9.53 Å². The molecule has 1 atom stereocenters. The third-order valence-corrected chi connectivity index (χ3v) is 6.48. The summed E-state index contributed by atoms with van der Waals surface area (Å²) >= 11 is 2.07. The summed E-state index contributed by atoms with van der Waals surface area (Å²) in [5.41, 5.74) is 0.186. The van der Waals surface area contributed by atoms with Gasteiger partial charge in [-0.3, -0.25) is 4.79 Å². The first-order valence-electron chi connectivity index (χ1n) is 8.15. The molecule has 3 nitrogen and oxygen atoms in total. The number of ether oxygens (including phenoxy) is 1. The van der Waals surface area contributed by atoms with Gasteiger partial charge in [0.1, 0.15) is 5.78 Å². The lowest BCUT2D eigenvalue weighted by Gasteiger charge is -2.47. The van der Waals surface area contributed by atoms with E-state index in [4.69, 9.17) is 4.74 Å². The lowest BCUT2D eigenvalue weighted by molar-refractivity contribution is -0.125. The molecule has 4 heteroatoms. The van der Waals surface area contributed by atoms with Crippen LogP contribution in [-0.4, -0.2) is 53.5 Å². The van der Waals surface area contributed by atoms with Gasteiger partial charge in [-0.15, -0.1) is 0 Å². The Bertz CT molecular complexity index is 341. The van der Waals surface area contributed by atoms with Crippen LogP contribution in [0.2, 0.25) is 0 Å². The molecule has 0 aromatic carbocycles. The molecular weight excluding hydrogens is 270 g/mol. The Balaban J connectivity index is 1.56. The number of piperidine rings is 1. The van der Waals surface area contributed by atoms with E-state index in [1.807, 2.05) is 0 Å². The molecule has 20 heavy (non-hydrogen) atoms. The Hall–Kier alpha value is -0.0600. The molecule has 3 aliphatic rings. The summed E-state index contributed by atoms with van der Waals surface area (Å²) in [6, 6.07) is 0.694. The van der Waals surface area contributed by atoms with Crippen molar-refractivity contribution in [1.29, 1.82) is 0 Å². The van der Waals surface area contributed by atoms with Gasteiger partial charge < -0.3 is 9.64 Å². The number of carbonyl (C=O) groups is 1. The van der Waals surface area contributed by atoms with Crippen LogP contribution in [0.5, 0.6) is 0 Å². The normalized spacial score (nSPS) is 32.4. The number of hydrogen-bond donors (Lipinski definition) is 0. The second-order valence-electron chi connectivity index (χ2n) is 6.71. The molecule has 3 heterocycles. The second kappa shape index (κ2) is 6.37. The molecule has 0 amide bonds. The number of thioether (sulfide) groups is 1. The third-order valence-electron chi connectivity index (χ3n) is 5.49. The van der Waals surface area contributed by atoms with Crippen LogP contribution < -0.4 is 0 Å². The fourth-order valence-corrected chi connectivity index (χ4v) is 5.31. The van der Waals surface area contributed by atoms with Gasteiger partial charge in [0, 0.05) is 18.6 Å². The van der Waals surface area contributed by atoms with Gasteiger partial charge in [0.15, 0.2) is 0 Å². The monoisotopic (exact) mass is 297 g/mol. The van der Waals surface area contributed by atoms with Crippen LogP contribution in [0.1, 0.15) is 45.4 Å². The molecule has 0 aromatic heterocycles. The van der Waals surface area contributed by atoms with Gasteiger partial charge in [0.2, 0.25) is 0 Å². The number of rotatable bonds is 2. The third kappa shape index (κ3) is 3.23. The maximum absolute atomic E-state index is 11.5. The van der Waals surface area contributed by atoms with Crippen LogP contribution in [0.15, 0.2) is 0 Å². The number of nitrogens with zero attached hydrogens (tertiary/aromatic N) is 1.